The van der Waals surface area contributed by atoms with Crippen LogP contribution in [0.2, 0.25) is 10.0 Å². The highest BCUT2D eigenvalue weighted by Gasteiger charge is 2.42. The lowest BCUT2D eigenvalue weighted by molar-refractivity contribution is -0.0165. The molecule has 2 aliphatic rings. The van der Waals surface area contributed by atoms with E-state index in [1.807, 2.05) is 28.6 Å². The molecule has 0 amide bonds. The molecule has 27 heavy (non-hydrogen) atoms. The SMILES string of the molecule is Fc1ccc(C2=NN3[C@@H](C2)c2cc(Cl)cc(Cl)c2O[C@H]3c2cccs2)cc1. The molecule has 2 aromatic carbocycles. The Morgan fingerprint density at radius 2 is 1.96 bits per heavy atom. The Hall–Kier alpha value is -2.08. The second kappa shape index (κ2) is 6.51. The third kappa shape index (κ3) is 2.90. The number of hydrazone groups is 1. The van der Waals surface area contributed by atoms with Gasteiger partial charge in [-0.2, -0.15) is 5.10 Å². The second-order valence-corrected chi connectivity index (χ2v) is 8.27. The van der Waals surface area contributed by atoms with Crippen LogP contribution in [-0.2, 0) is 0 Å². The number of ether oxygens (including phenoxy) is 1. The van der Waals surface area contributed by atoms with Gasteiger partial charge in [-0.3, -0.25) is 0 Å². The number of rotatable bonds is 2. The molecule has 3 heterocycles. The molecule has 0 fully saturated rings. The van der Waals surface area contributed by atoms with Crippen LogP contribution >= 0.6 is 34.5 Å². The third-order valence-corrected chi connectivity index (χ3v) is 6.17. The van der Waals surface area contributed by atoms with Gasteiger partial charge in [-0.25, -0.2) is 9.40 Å². The molecular formula is C20H13Cl2FN2OS. The van der Waals surface area contributed by atoms with Gasteiger partial charge in [0.15, 0.2) is 0 Å². The lowest BCUT2D eigenvalue weighted by Crippen LogP contribution is -2.33. The summed E-state index contributed by atoms with van der Waals surface area (Å²) in [5, 5.41) is 9.85. The zero-order valence-electron chi connectivity index (χ0n) is 13.9. The molecule has 0 saturated heterocycles. The van der Waals surface area contributed by atoms with Gasteiger partial charge in [0.05, 0.1) is 21.7 Å². The van der Waals surface area contributed by atoms with E-state index in [-0.39, 0.29) is 18.1 Å². The summed E-state index contributed by atoms with van der Waals surface area (Å²) in [6.07, 6.45) is 0.305. The monoisotopic (exact) mass is 418 g/mol. The highest BCUT2D eigenvalue weighted by molar-refractivity contribution is 7.10. The van der Waals surface area contributed by atoms with Crippen LogP contribution in [0.3, 0.4) is 0 Å². The van der Waals surface area contributed by atoms with Crippen LogP contribution in [0.4, 0.5) is 4.39 Å². The third-order valence-electron chi connectivity index (χ3n) is 4.77. The van der Waals surface area contributed by atoms with Crippen LogP contribution in [0, 0.1) is 5.82 Å². The summed E-state index contributed by atoms with van der Waals surface area (Å²) in [7, 11) is 0. The first kappa shape index (κ1) is 17.0. The van der Waals surface area contributed by atoms with Crippen molar-refractivity contribution in [3.63, 3.8) is 0 Å². The molecule has 0 aliphatic carbocycles. The predicted molar refractivity (Wildman–Crippen MR) is 106 cm³/mol. The van der Waals surface area contributed by atoms with E-state index in [0.29, 0.717) is 22.2 Å². The summed E-state index contributed by atoms with van der Waals surface area (Å²) < 4.78 is 19.6. The fraction of sp³-hybridized carbons (Fsp3) is 0.150. The molecule has 0 unspecified atom stereocenters. The number of fused-ring (bicyclic) bond motifs is 3. The van der Waals surface area contributed by atoms with Crippen molar-refractivity contribution >= 4 is 40.3 Å². The highest BCUT2D eigenvalue weighted by atomic mass is 35.5. The predicted octanol–water partition coefficient (Wildman–Crippen LogP) is 6.44. The molecule has 5 rings (SSSR count). The van der Waals surface area contributed by atoms with Gasteiger partial charge in [0, 0.05) is 17.0 Å². The van der Waals surface area contributed by atoms with E-state index in [4.69, 9.17) is 33.0 Å². The van der Waals surface area contributed by atoms with Crippen LogP contribution in [0.5, 0.6) is 5.75 Å². The molecular weight excluding hydrogens is 406 g/mol. The first-order valence-corrected chi connectivity index (χ1v) is 10.0. The van der Waals surface area contributed by atoms with Crippen molar-refractivity contribution in [3.8, 4) is 5.75 Å². The van der Waals surface area contributed by atoms with Crippen LogP contribution in [0.1, 0.15) is 34.7 Å². The summed E-state index contributed by atoms with van der Waals surface area (Å²) in [4.78, 5) is 1.04. The summed E-state index contributed by atoms with van der Waals surface area (Å²) in [6, 6.07) is 13.9. The number of hydrogen-bond donors (Lipinski definition) is 0. The molecule has 3 nitrogen and oxygen atoms in total. The van der Waals surface area contributed by atoms with Crippen LogP contribution in [-0.4, -0.2) is 10.7 Å². The minimum absolute atomic E-state index is 0.0443. The van der Waals surface area contributed by atoms with Gasteiger partial charge in [-0.15, -0.1) is 11.3 Å². The Bertz CT molecular complexity index is 1040. The maximum Gasteiger partial charge on any atom is 0.223 e. The second-order valence-electron chi connectivity index (χ2n) is 6.45. The maximum absolute atomic E-state index is 13.3. The first-order chi connectivity index (χ1) is 13.1. The summed E-state index contributed by atoms with van der Waals surface area (Å²) in [5.74, 6) is 0.384. The molecule has 2 aliphatic heterocycles. The number of thiophene rings is 1. The van der Waals surface area contributed by atoms with Gasteiger partial charge >= 0.3 is 0 Å². The maximum atomic E-state index is 13.3. The normalized spacial score (nSPS) is 20.7. The Morgan fingerprint density at radius 1 is 1.15 bits per heavy atom. The summed E-state index contributed by atoms with van der Waals surface area (Å²) in [5.41, 5.74) is 2.70. The molecule has 0 N–H and O–H groups in total. The van der Waals surface area contributed by atoms with Gasteiger partial charge in [-0.1, -0.05) is 41.4 Å². The van der Waals surface area contributed by atoms with Crippen molar-refractivity contribution in [2.75, 3.05) is 0 Å². The van der Waals surface area contributed by atoms with Crippen molar-refractivity contribution < 1.29 is 9.13 Å². The molecule has 0 bridgehead atoms. The van der Waals surface area contributed by atoms with Gasteiger partial charge in [0.1, 0.15) is 11.6 Å². The van der Waals surface area contributed by atoms with E-state index in [9.17, 15) is 4.39 Å². The zero-order chi connectivity index (χ0) is 18.5. The molecule has 1 aromatic heterocycles. The first-order valence-electron chi connectivity index (χ1n) is 8.41. The van der Waals surface area contributed by atoms with Gasteiger partial charge in [0.2, 0.25) is 6.23 Å². The van der Waals surface area contributed by atoms with E-state index >= 15 is 0 Å². The van der Waals surface area contributed by atoms with Crippen LogP contribution in [0.15, 0.2) is 59.0 Å². The average molecular weight is 419 g/mol. The van der Waals surface area contributed by atoms with E-state index < -0.39 is 0 Å². The Kier molecular flexibility index (Phi) is 4.11. The molecule has 136 valence electrons. The van der Waals surface area contributed by atoms with E-state index in [2.05, 4.69) is 0 Å². The Balaban J connectivity index is 1.62. The molecule has 2 atom stereocenters. The number of hydrogen-bond acceptors (Lipinski definition) is 4. The van der Waals surface area contributed by atoms with Crippen molar-refractivity contribution in [1.29, 1.82) is 0 Å². The topological polar surface area (TPSA) is 24.8 Å². The van der Waals surface area contributed by atoms with Crippen LogP contribution in [0.25, 0.3) is 0 Å². The molecule has 0 radical (unpaired) electrons. The fourth-order valence-electron chi connectivity index (χ4n) is 3.55. The van der Waals surface area contributed by atoms with Gasteiger partial charge < -0.3 is 4.74 Å². The molecule has 0 spiro atoms. The smallest absolute Gasteiger partial charge is 0.223 e. The quantitative estimate of drug-likeness (QED) is 0.478. The number of benzene rings is 2. The number of halogens is 3. The zero-order valence-corrected chi connectivity index (χ0v) is 16.2. The Morgan fingerprint density at radius 3 is 2.70 bits per heavy atom. The lowest BCUT2D eigenvalue weighted by atomic mass is 9.96. The van der Waals surface area contributed by atoms with Gasteiger partial charge in [-0.05, 0) is 41.3 Å². The standard InChI is InChI=1S/C20H13Cl2FN2OS/c21-12-8-14-17-10-16(11-3-5-13(23)6-4-11)24-25(17)20(18-2-1-7-27-18)26-19(14)15(22)9-12/h1-9,17,20H,10H2/t17-,20-/m0/s1. The minimum Gasteiger partial charge on any atom is -0.462 e. The highest BCUT2D eigenvalue weighted by Crippen LogP contribution is 2.51. The summed E-state index contributed by atoms with van der Waals surface area (Å²) >= 11 is 14.3. The largest absolute Gasteiger partial charge is 0.462 e. The lowest BCUT2D eigenvalue weighted by Gasteiger charge is -2.38. The van der Waals surface area contributed by atoms with E-state index in [1.54, 1.807) is 29.5 Å². The number of nitrogens with zero attached hydrogens (tertiary/aromatic N) is 2. The van der Waals surface area contributed by atoms with Crippen molar-refractivity contribution in [1.82, 2.24) is 5.01 Å². The summed E-state index contributed by atoms with van der Waals surface area (Å²) in [6.45, 7) is 0. The molecule has 0 saturated carbocycles. The fourth-order valence-corrected chi connectivity index (χ4v) is 4.85. The minimum atomic E-state index is -0.362. The average Bonchev–Trinajstić information content (AvgIpc) is 3.32. The van der Waals surface area contributed by atoms with E-state index in [1.165, 1.54) is 12.1 Å². The van der Waals surface area contributed by atoms with Crippen molar-refractivity contribution in [2.24, 2.45) is 5.10 Å². The van der Waals surface area contributed by atoms with E-state index in [0.717, 1.165) is 21.7 Å². The van der Waals surface area contributed by atoms with Crippen LogP contribution < -0.4 is 4.74 Å². The molecule has 7 heteroatoms. The van der Waals surface area contributed by atoms with Gasteiger partial charge in [0.25, 0.3) is 0 Å². The van der Waals surface area contributed by atoms with Crippen molar-refractivity contribution in [2.45, 2.75) is 18.7 Å². The molecule has 3 aromatic rings. The Labute approximate surface area is 169 Å². The van der Waals surface area contributed by atoms with Crippen molar-refractivity contribution in [3.05, 3.63) is 85.8 Å².